The van der Waals surface area contributed by atoms with Gasteiger partial charge in [0.25, 0.3) is 0 Å². The fourth-order valence-corrected chi connectivity index (χ4v) is 3.26. The topological polar surface area (TPSA) is 79.0 Å². The first kappa shape index (κ1) is 19.8. The predicted molar refractivity (Wildman–Crippen MR) is 116 cm³/mol. The van der Waals surface area contributed by atoms with Gasteiger partial charge in [-0.1, -0.05) is 11.6 Å². The van der Waals surface area contributed by atoms with Gasteiger partial charge in [-0.05, 0) is 37.3 Å². The van der Waals surface area contributed by atoms with E-state index in [9.17, 15) is 0 Å². The molecule has 154 valence electrons. The standard InChI is InChI=1S/C21H21ClN6O2/c1-13-11-28(12-23-13)17-8-5-14(9-19(17)30-4)20-25-21(27(2)26-20)24-15-6-7-16(22)18(10-15)29-3/h5-12H,1-4H3,(H,24,25,26). The van der Waals surface area contributed by atoms with E-state index in [0.29, 0.717) is 28.3 Å². The Balaban J connectivity index is 1.64. The van der Waals surface area contributed by atoms with Gasteiger partial charge in [0.05, 0.1) is 37.0 Å². The van der Waals surface area contributed by atoms with Crippen molar-refractivity contribution in [3.63, 3.8) is 0 Å². The van der Waals surface area contributed by atoms with Crippen LogP contribution in [0.3, 0.4) is 0 Å². The summed E-state index contributed by atoms with van der Waals surface area (Å²) >= 11 is 6.10. The number of anilines is 2. The van der Waals surface area contributed by atoms with Crippen LogP contribution in [-0.4, -0.2) is 38.5 Å². The number of nitrogens with one attached hydrogen (secondary N) is 1. The smallest absolute Gasteiger partial charge is 0.225 e. The molecule has 0 fully saturated rings. The lowest BCUT2D eigenvalue weighted by molar-refractivity contribution is 0.413. The molecule has 2 aromatic carbocycles. The lowest BCUT2D eigenvalue weighted by Gasteiger charge is -2.10. The highest BCUT2D eigenvalue weighted by Gasteiger charge is 2.14. The van der Waals surface area contributed by atoms with Gasteiger partial charge >= 0.3 is 0 Å². The summed E-state index contributed by atoms with van der Waals surface area (Å²) in [6.07, 6.45) is 3.70. The Morgan fingerprint density at radius 2 is 1.83 bits per heavy atom. The predicted octanol–water partition coefficient (Wildman–Crippen LogP) is 4.39. The van der Waals surface area contributed by atoms with Crippen LogP contribution in [0.5, 0.6) is 11.5 Å². The summed E-state index contributed by atoms with van der Waals surface area (Å²) < 4.78 is 14.5. The second kappa shape index (κ2) is 8.08. The van der Waals surface area contributed by atoms with Crippen LogP contribution in [0, 0.1) is 6.92 Å². The molecule has 0 amide bonds. The van der Waals surface area contributed by atoms with E-state index in [4.69, 9.17) is 21.1 Å². The zero-order valence-electron chi connectivity index (χ0n) is 17.0. The van der Waals surface area contributed by atoms with E-state index < -0.39 is 0 Å². The molecule has 0 unspecified atom stereocenters. The van der Waals surface area contributed by atoms with Gasteiger partial charge in [-0.2, -0.15) is 4.98 Å². The van der Waals surface area contributed by atoms with Crippen molar-refractivity contribution < 1.29 is 9.47 Å². The molecule has 0 aliphatic carbocycles. The number of hydrogen-bond donors (Lipinski definition) is 1. The molecule has 4 rings (SSSR count). The van der Waals surface area contributed by atoms with E-state index in [1.54, 1.807) is 31.3 Å². The van der Waals surface area contributed by atoms with E-state index in [1.165, 1.54) is 0 Å². The van der Waals surface area contributed by atoms with Gasteiger partial charge in [0.1, 0.15) is 11.5 Å². The Bertz CT molecular complexity index is 1200. The summed E-state index contributed by atoms with van der Waals surface area (Å²) in [5.74, 6) is 2.45. The molecule has 0 radical (unpaired) electrons. The zero-order valence-corrected chi connectivity index (χ0v) is 17.8. The number of rotatable bonds is 6. The minimum atomic E-state index is 0.543. The molecule has 2 heterocycles. The Morgan fingerprint density at radius 1 is 1.03 bits per heavy atom. The Hall–Kier alpha value is -3.52. The second-order valence-corrected chi connectivity index (χ2v) is 7.07. The lowest BCUT2D eigenvalue weighted by atomic mass is 10.1. The minimum Gasteiger partial charge on any atom is -0.495 e. The maximum absolute atomic E-state index is 6.10. The van der Waals surface area contributed by atoms with Crippen molar-refractivity contribution in [3.05, 3.63) is 59.6 Å². The molecule has 0 saturated carbocycles. The Labute approximate surface area is 179 Å². The van der Waals surface area contributed by atoms with Crippen molar-refractivity contribution in [2.24, 2.45) is 7.05 Å². The third kappa shape index (κ3) is 3.81. The van der Waals surface area contributed by atoms with E-state index in [2.05, 4.69) is 20.4 Å². The third-order valence-corrected chi connectivity index (χ3v) is 4.91. The Kier molecular flexibility index (Phi) is 5.33. The molecule has 0 bridgehead atoms. The van der Waals surface area contributed by atoms with Crippen LogP contribution < -0.4 is 14.8 Å². The highest BCUT2D eigenvalue weighted by Crippen LogP contribution is 2.31. The van der Waals surface area contributed by atoms with Crippen LogP contribution in [0.25, 0.3) is 17.1 Å². The molecule has 0 aliphatic rings. The molecule has 2 aromatic heterocycles. The molecule has 8 nitrogen and oxygen atoms in total. The highest BCUT2D eigenvalue weighted by atomic mass is 35.5. The van der Waals surface area contributed by atoms with Crippen LogP contribution in [0.4, 0.5) is 11.6 Å². The quantitative estimate of drug-likeness (QED) is 0.494. The van der Waals surface area contributed by atoms with Gasteiger partial charge in [0.15, 0.2) is 5.82 Å². The van der Waals surface area contributed by atoms with Crippen LogP contribution in [-0.2, 0) is 7.05 Å². The zero-order chi connectivity index (χ0) is 21.3. The summed E-state index contributed by atoms with van der Waals surface area (Å²) in [5.41, 5.74) is 3.46. The third-order valence-electron chi connectivity index (χ3n) is 4.60. The van der Waals surface area contributed by atoms with Gasteiger partial charge < -0.3 is 19.4 Å². The molecule has 30 heavy (non-hydrogen) atoms. The molecule has 0 aliphatic heterocycles. The first-order chi connectivity index (χ1) is 14.5. The molecule has 0 spiro atoms. The SMILES string of the molecule is COc1cc(Nc2nc(-c3ccc(-n4cnc(C)c4)c(OC)c3)nn2C)ccc1Cl. The van der Waals surface area contributed by atoms with Crippen molar-refractivity contribution in [1.82, 2.24) is 24.3 Å². The first-order valence-corrected chi connectivity index (χ1v) is 9.57. The number of nitrogens with zero attached hydrogens (tertiary/aromatic N) is 5. The van der Waals surface area contributed by atoms with Crippen LogP contribution in [0.1, 0.15) is 5.69 Å². The number of aromatic nitrogens is 5. The lowest BCUT2D eigenvalue weighted by Crippen LogP contribution is -2.00. The highest BCUT2D eigenvalue weighted by molar-refractivity contribution is 6.32. The molecule has 0 saturated heterocycles. The molecule has 4 aromatic rings. The summed E-state index contributed by atoms with van der Waals surface area (Å²) in [6.45, 7) is 1.94. The number of aryl methyl sites for hydroxylation is 2. The number of methoxy groups -OCH3 is 2. The Morgan fingerprint density at radius 3 is 2.53 bits per heavy atom. The fraction of sp³-hybridized carbons (Fsp3) is 0.190. The van der Waals surface area contributed by atoms with E-state index in [1.807, 2.05) is 55.1 Å². The second-order valence-electron chi connectivity index (χ2n) is 6.67. The van der Waals surface area contributed by atoms with Crippen molar-refractivity contribution in [3.8, 4) is 28.6 Å². The number of hydrogen-bond acceptors (Lipinski definition) is 6. The summed E-state index contributed by atoms with van der Waals surface area (Å²) in [4.78, 5) is 8.90. The van der Waals surface area contributed by atoms with Crippen LogP contribution in [0.2, 0.25) is 5.02 Å². The van der Waals surface area contributed by atoms with E-state index >= 15 is 0 Å². The molecular formula is C21H21ClN6O2. The van der Waals surface area contributed by atoms with Crippen molar-refractivity contribution >= 4 is 23.2 Å². The first-order valence-electron chi connectivity index (χ1n) is 9.19. The van der Waals surface area contributed by atoms with Gasteiger partial charge in [-0.15, -0.1) is 5.10 Å². The molecular weight excluding hydrogens is 404 g/mol. The molecule has 9 heteroatoms. The number of imidazole rings is 1. The van der Waals surface area contributed by atoms with E-state index in [-0.39, 0.29) is 0 Å². The fourth-order valence-electron chi connectivity index (χ4n) is 3.07. The van der Waals surface area contributed by atoms with Gasteiger partial charge in [0.2, 0.25) is 5.95 Å². The maximum Gasteiger partial charge on any atom is 0.225 e. The number of halogens is 1. The normalized spacial score (nSPS) is 10.8. The van der Waals surface area contributed by atoms with Gasteiger partial charge in [-0.3, -0.25) is 0 Å². The summed E-state index contributed by atoms with van der Waals surface area (Å²) in [7, 11) is 5.04. The van der Waals surface area contributed by atoms with Crippen molar-refractivity contribution in [2.75, 3.05) is 19.5 Å². The van der Waals surface area contributed by atoms with Gasteiger partial charge in [-0.25, -0.2) is 9.67 Å². The number of benzene rings is 2. The minimum absolute atomic E-state index is 0.543. The maximum atomic E-state index is 6.10. The number of ether oxygens (including phenoxy) is 2. The van der Waals surface area contributed by atoms with Crippen LogP contribution in [0.15, 0.2) is 48.9 Å². The average Bonchev–Trinajstić information content (AvgIpc) is 3.34. The monoisotopic (exact) mass is 424 g/mol. The van der Waals surface area contributed by atoms with E-state index in [0.717, 1.165) is 22.6 Å². The van der Waals surface area contributed by atoms with Gasteiger partial charge in [0, 0.05) is 30.6 Å². The van der Waals surface area contributed by atoms with Crippen molar-refractivity contribution in [1.29, 1.82) is 0 Å². The van der Waals surface area contributed by atoms with Crippen molar-refractivity contribution in [2.45, 2.75) is 6.92 Å². The summed E-state index contributed by atoms with van der Waals surface area (Å²) in [5, 5.41) is 8.31. The van der Waals surface area contributed by atoms with Crippen LogP contribution >= 0.6 is 11.6 Å². The molecule has 1 N–H and O–H groups in total. The summed E-state index contributed by atoms with van der Waals surface area (Å²) in [6, 6.07) is 11.3. The average molecular weight is 425 g/mol. The largest absolute Gasteiger partial charge is 0.495 e. The molecule has 0 atom stereocenters.